The van der Waals surface area contributed by atoms with Crippen LogP contribution in [0.15, 0.2) is 29.8 Å². The summed E-state index contributed by atoms with van der Waals surface area (Å²) in [6, 6.07) is 6.04. The summed E-state index contributed by atoms with van der Waals surface area (Å²) >= 11 is 1.33. The summed E-state index contributed by atoms with van der Waals surface area (Å²) in [5.74, 6) is 0.748. The van der Waals surface area contributed by atoms with Gasteiger partial charge in [0, 0.05) is 11.4 Å². The van der Waals surface area contributed by atoms with Crippen LogP contribution in [0.25, 0.3) is 0 Å². The molecule has 8 nitrogen and oxygen atoms in total. The molecule has 3 rings (SSSR count). The second-order valence-electron chi connectivity index (χ2n) is 6.34. The zero-order valence-corrected chi connectivity index (χ0v) is 16.2. The number of H-pyrrole nitrogens is 1. The molecule has 2 aromatic heterocycles. The van der Waals surface area contributed by atoms with E-state index in [9.17, 15) is 9.59 Å². The van der Waals surface area contributed by atoms with Gasteiger partial charge in [-0.1, -0.05) is 6.07 Å². The minimum atomic E-state index is -0.307. The van der Waals surface area contributed by atoms with Gasteiger partial charge in [0.05, 0.1) is 24.9 Å². The van der Waals surface area contributed by atoms with Crippen molar-refractivity contribution in [3.05, 3.63) is 35.5 Å². The van der Waals surface area contributed by atoms with Crippen molar-refractivity contribution in [1.82, 2.24) is 4.98 Å². The lowest BCUT2D eigenvalue weighted by Crippen LogP contribution is -3.15. The summed E-state index contributed by atoms with van der Waals surface area (Å²) in [6.07, 6.45) is 2.05. The normalized spacial score (nSPS) is 14.8. The number of carbonyl (C=O) groups excluding carboxylic acids is 2. The van der Waals surface area contributed by atoms with Gasteiger partial charge in [-0.3, -0.25) is 19.8 Å². The number of nitrogens with zero attached hydrogens (tertiary/aromatic N) is 2. The number of hydrogen-bond acceptors (Lipinski definition) is 6. The summed E-state index contributed by atoms with van der Waals surface area (Å²) in [5, 5.41) is 5.13. The van der Waals surface area contributed by atoms with Crippen LogP contribution >= 0.6 is 11.3 Å². The molecule has 1 fully saturated rings. The van der Waals surface area contributed by atoms with Gasteiger partial charge in [-0.25, -0.2) is 9.97 Å². The molecule has 0 bridgehead atoms. The molecule has 3 N–H and O–H groups in total. The second-order valence-corrected chi connectivity index (χ2v) is 7.19. The van der Waals surface area contributed by atoms with Gasteiger partial charge in [-0.15, -0.1) is 11.3 Å². The molecule has 0 aliphatic carbocycles. The van der Waals surface area contributed by atoms with Crippen LogP contribution in [0.2, 0.25) is 0 Å². The molecule has 1 saturated heterocycles. The lowest BCUT2D eigenvalue weighted by Gasteiger charge is -2.27. The molecule has 1 amide bonds. The maximum absolute atomic E-state index is 12.3. The average molecular weight is 391 g/mol. The van der Waals surface area contributed by atoms with Gasteiger partial charge in [0.2, 0.25) is 0 Å². The Hall–Kier alpha value is -2.52. The minimum absolute atomic E-state index is 0.0539. The van der Waals surface area contributed by atoms with Crippen LogP contribution in [0.5, 0.6) is 0 Å². The van der Waals surface area contributed by atoms with E-state index < -0.39 is 0 Å². The summed E-state index contributed by atoms with van der Waals surface area (Å²) < 4.78 is 4.91. The van der Waals surface area contributed by atoms with Gasteiger partial charge in [-0.2, -0.15) is 0 Å². The Bertz CT molecular complexity index is 759. The third-order valence-electron chi connectivity index (χ3n) is 4.34. The number of nitrogens with one attached hydrogen (secondary N) is 3. The predicted molar refractivity (Wildman–Crippen MR) is 102 cm³/mol. The number of hydrogen-bond donors (Lipinski definition) is 2. The Morgan fingerprint density at radius 1 is 1.37 bits per heavy atom. The molecule has 0 unspecified atom stereocenters. The highest BCUT2D eigenvalue weighted by atomic mass is 32.1. The number of pyridine rings is 1. The van der Waals surface area contributed by atoms with Crippen LogP contribution in [0.3, 0.4) is 0 Å². The van der Waals surface area contributed by atoms with Gasteiger partial charge in [0.15, 0.2) is 11.7 Å². The molecule has 2 aromatic rings. The molecule has 0 spiro atoms. The van der Waals surface area contributed by atoms with Gasteiger partial charge >= 0.3 is 5.97 Å². The Morgan fingerprint density at radius 3 is 2.89 bits per heavy atom. The Morgan fingerprint density at radius 2 is 2.19 bits per heavy atom. The summed E-state index contributed by atoms with van der Waals surface area (Å²) in [6.45, 7) is 6.16. The first kappa shape index (κ1) is 19.2. The maximum Gasteiger partial charge on any atom is 0.311 e. The van der Waals surface area contributed by atoms with Gasteiger partial charge in [0.1, 0.15) is 26.2 Å². The van der Waals surface area contributed by atoms with Crippen LogP contribution in [0.4, 0.5) is 10.9 Å². The lowest BCUT2D eigenvalue weighted by atomic mass is 10.3. The SMILES string of the molecule is CCOC(=O)Cc1csc(NC(=O)C[NH+]2CCN(c3cccc[nH+]3)CC2)n1. The number of anilines is 2. The molecule has 0 saturated carbocycles. The standard InChI is InChI=1S/C18H23N5O3S/c1-2-26-17(25)11-14-13-27-18(20-14)21-16(24)12-22-7-9-23(10-8-22)15-5-3-4-6-19-15/h3-6,13H,2,7-12H2,1H3,(H,20,21,24)/p+2. The predicted octanol–water partition coefficient (Wildman–Crippen LogP) is -0.594. The quantitative estimate of drug-likeness (QED) is 0.616. The van der Waals surface area contributed by atoms with E-state index in [-0.39, 0.29) is 18.3 Å². The van der Waals surface area contributed by atoms with Crippen molar-refractivity contribution in [1.29, 1.82) is 0 Å². The van der Waals surface area contributed by atoms with Crippen LogP contribution in [-0.4, -0.2) is 56.2 Å². The molecule has 0 atom stereocenters. The number of carbonyl (C=O) groups is 2. The van der Waals surface area contributed by atoms with E-state index in [1.54, 1.807) is 12.3 Å². The van der Waals surface area contributed by atoms with Gasteiger partial charge < -0.3 is 9.64 Å². The number of ether oxygens (including phenoxy) is 1. The fourth-order valence-corrected chi connectivity index (χ4v) is 3.74. The van der Waals surface area contributed by atoms with Crippen molar-refractivity contribution in [2.45, 2.75) is 13.3 Å². The highest BCUT2D eigenvalue weighted by Crippen LogP contribution is 2.15. The van der Waals surface area contributed by atoms with Crippen molar-refractivity contribution in [3.8, 4) is 0 Å². The number of amides is 1. The van der Waals surface area contributed by atoms with Crippen LogP contribution in [0.1, 0.15) is 12.6 Å². The smallest absolute Gasteiger partial charge is 0.311 e. The molecule has 1 aliphatic heterocycles. The van der Waals surface area contributed by atoms with Gasteiger partial charge in [0.25, 0.3) is 11.7 Å². The highest BCUT2D eigenvalue weighted by molar-refractivity contribution is 7.13. The number of thiazole rings is 1. The average Bonchev–Trinajstić information content (AvgIpc) is 3.09. The fraction of sp³-hybridized carbons (Fsp3) is 0.444. The zero-order chi connectivity index (χ0) is 19.1. The van der Waals surface area contributed by atoms with Crippen molar-refractivity contribution >= 4 is 34.2 Å². The number of aromatic nitrogens is 2. The molecule has 27 heavy (non-hydrogen) atoms. The number of quaternary nitrogens is 1. The van der Waals surface area contributed by atoms with E-state index in [1.165, 1.54) is 16.2 Å². The number of piperazine rings is 1. The first-order valence-electron chi connectivity index (χ1n) is 9.09. The zero-order valence-electron chi connectivity index (χ0n) is 15.4. The minimum Gasteiger partial charge on any atom is -0.466 e. The van der Waals surface area contributed by atoms with Crippen molar-refractivity contribution < 1.29 is 24.2 Å². The molecule has 9 heteroatoms. The summed E-state index contributed by atoms with van der Waals surface area (Å²) in [7, 11) is 0. The first-order chi connectivity index (χ1) is 13.1. The second kappa shape index (κ2) is 9.43. The largest absolute Gasteiger partial charge is 0.466 e. The topological polar surface area (TPSA) is 90.1 Å². The Balaban J connectivity index is 1.42. The molecule has 0 aromatic carbocycles. The van der Waals surface area contributed by atoms with Crippen LogP contribution < -0.4 is 20.1 Å². The highest BCUT2D eigenvalue weighted by Gasteiger charge is 2.27. The lowest BCUT2D eigenvalue weighted by molar-refractivity contribution is -0.892. The number of esters is 1. The summed E-state index contributed by atoms with van der Waals surface area (Å²) in [4.78, 5) is 34.8. The third-order valence-corrected chi connectivity index (χ3v) is 5.15. The third kappa shape index (κ3) is 5.73. The van der Waals surface area contributed by atoms with E-state index in [1.807, 2.05) is 18.3 Å². The molecule has 0 radical (unpaired) electrons. The van der Waals surface area contributed by atoms with Crippen LogP contribution in [0, 0.1) is 0 Å². The van der Waals surface area contributed by atoms with Crippen molar-refractivity contribution in [3.63, 3.8) is 0 Å². The van der Waals surface area contributed by atoms with Crippen molar-refractivity contribution in [2.75, 3.05) is 49.5 Å². The Kier molecular flexibility index (Phi) is 6.72. The van der Waals surface area contributed by atoms with Gasteiger partial charge in [-0.05, 0) is 13.0 Å². The van der Waals surface area contributed by atoms with E-state index in [2.05, 4.69) is 26.3 Å². The molecular weight excluding hydrogens is 366 g/mol. The first-order valence-corrected chi connectivity index (χ1v) is 9.97. The Labute approximate surface area is 162 Å². The number of aromatic amines is 1. The van der Waals surface area contributed by atoms with Crippen molar-refractivity contribution in [2.24, 2.45) is 0 Å². The molecular formula is C18H25N5O3S+2. The van der Waals surface area contributed by atoms with E-state index >= 15 is 0 Å². The maximum atomic E-state index is 12.3. The molecule has 144 valence electrons. The van der Waals surface area contributed by atoms with Crippen LogP contribution in [-0.2, 0) is 20.7 Å². The van der Waals surface area contributed by atoms with E-state index in [0.717, 1.165) is 32.0 Å². The fourth-order valence-electron chi connectivity index (χ4n) is 3.02. The molecule has 3 heterocycles. The van der Waals surface area contributed by atoms with E-state index in [0.29, 0.717) is 24.0 Å². The molecule has 1 aliphatic rings. The monoisotopic (exact) mass is 391 g/mol. The van der Waals surface area contributed by atoms with E-state index in [4.69, 9.17) is 4.74 Å². The summed E-state index contributed by atoms with van der Waals surface area (Å²) in [5.41, 5.74) is 0.619. The number of rotatable bonds is 7.